The van der Waals surface area contributed by atoms with E-state index < -0.39 is 26.7 Å². The summed E-state index contributed by atoms with van der Waals surface area (Å²) in [6.45, 7) is 3.42. The van der Waals surface area contributed by atoms with Gasteiger partial charge >= 0.3 is 12.2 Å². The number of pyridine rings is 1. The molecule has 1 aliphatic heterocycles. The van der Waals surface area contributed by atoms with E-state index in [-0.39, 0.29) is 19.1 Å². The fraction of sp³-hybridized carbons (Fsp3) is 0.333. The zero-order valence-electron chi connectivity index (χ0n) is 19.5. The van der Waals surface area contributed by atoms with Crippen molar-refractivity contribution in [3.8, 4) is 0 Å². The molecule has 0 bridgehead atoms. The van der Waals surface area contributed by atoms with Gasteiger partial charge in [0.1, 0.15) is 0 Å². The van der Waals surface area contributed by atoms with Crippen molar-refractivity contribution >= 4 is 32.6 Å². The fourth-order valence-corrected chi connectivity index (χ4v) is 5.80. The van der Waals surface area contributed by atoms with E-state index in [0.717, 1.165) is 33.0 Å². The third kappa shape index (κ3) is 5.77. The Hall–Kier alpha value is -3.22. The molecule has 192 valence electrons. The van der Waals surface area contributed by atoms with E-state index in [1.165, 1.54) is 12.1 Å². The predicted molar refractivity (Wildman–Crippen MR) is 130 cm³/mol. The molecule has 1 fully saturated rings. The molecule has 2 N–H and O–H groups in total. The van der Waals surface area contributed by atoms with Crippen LogP contribution in [0.5, 0.6) is 0 Å². The number of nitrogens with one attached hydrogen (secondary N) is 2. The third-order valence-corrected chi connectivity index (χ3v) is 7.90. The van der Waals surface area contributed by atoms with Gasteiger partial charge in [0.2, 0.25) is 10.0 Å². The molecule has 4 rings (SSSR count). The maximum Gasteiger partial charge on any atom is 0.417 e. The molecule has 2 amide bonds. The average molecular weight is 522 g/mol. The van der Waals surface area contributed by atoms with Crippen LogP contribution in [0.4, 0.5) is 23.7 Å². The average Bonchev–Trinajstić information content (AvgIpc) is 2.84. The van der Waals surface area contributed by atoms with Gasteiger partial charge in [-0.15, -0.1) is 0 Å². The zero-order chi connectivity index (χ0) is 25.9. The number of aryl methyl sites for hydroxylation is 1. The Morgan fingerprint density at radius 2 is 1.69 bits per heavy atom. The molecule has 12 heteroatoms. The van der Waals surface area contributed by atoms with E-state index in [1.807, 2.05) is 36.1 Å². The van der Waals surface area contributed by atoms with Crippen LogP contribution in [0.3, 0.4) is 0 Å². The minimum absolute atomic E-state index is 0.0585. The number of hydrogen-bond acceptors (Lipinski definition) is 5. The van der Waals surface area contributed by atoms with Gasteiger partial charge in [-0.2, -0.15) is 17.5 Å². The molecule has 2 aromatic carbocycles. The Kier molecular flexibility index (Phi) is 7.48. The number of carbonyl (C=O) groups is 1. The Morgan fingerprint density at radius 1 is 1.03 bits per heavy atom. The van der Waals surface area contributed by atoms with E-state index in [2.05, 4.69) is 15.6 Å². The molecule has 36 heavy (non-hydrogen) atoms. The first-order valence-electron chi connectivity index (χ1n) is 11.4. The number of nitrogens with zero attached hydrogens (tertiary/aromatic N) is 3. The Labute approximate surface area is 207 Å². The van der Waals surface area contributed by atoms with Gasteiger partial charge in [0, 0.05) is 50.3 Å². The zero-order valence-corrected chi connectivity index (χ0v) is 20.4. The molecule has 1 saturated heterocycles. The lowest BCUT2D eigenvalue weighted by atomic mass is 10.1. The van der Waals surface area contributed by atoms with Crippen LogP contribution in [0, 0.1) is 6.92 Å². The van der Waals surface area contributed by atoms with Crippen molar-refractivity contribution in [2.75, 3.05) is 44.6 Å². The van der Waals surface area contributed by atoms with Gasteiger partial charge in [-0.1, -0.05) is 30.3 Å². The SMILES string of the molecule is Cc1cc(NC(=O)NCCN2CCN(S(=O)(=O)c3ccccc3C(F)(F)F)CC2)c2ccccc2n1. The number of rotatable bonds is 6. The smallest absolute Gasteiger partial charge is 0.337 e. The molecule has 2 heterocycles. The number of carbonyl (C=O) groups excluding carboxylic acids is 1. The number of sulfonamides is 1. The molecule has 0 radical (unpaired) electrons. The van der Waals surface area contributed by atoms with Crippen molar-refractivity contribution in [1.29, 1.82) is 0 Å². The molecule has 0 spiro atoms. The topological polar surface area (TPSA) is 94.6 Å². The molecule has 8 nitrogen and oxygen atoms in total. The number of hydrogen-bond donors (Lipinski definition) is 2. The first kappa shape index (κ1) is 25.9. The van der Waals surface area contributed by atoms with E-state index in [4.69, 9.17) is 0 Å². The van der Waals surface area contributed by atoms with Gasteiger partial charge in [0.05, 0.1) is 21.7 Å². The van der Waals surface area contributed by atoms with Crippen LogP contribution in [0.1, 0.15) is 11.3 Å². The van der Waals surface area contributed by atoms with Gasteiger partial charge in [-0.25, -0.2) is 13.2 Å². The number of para-hydroxylation sites is 1. The lowest BCUT2D eigenvalue weighted by Crippen LogP contribution is -2.50. The van der Waals surface area contributed by atoms with E-state index in [1.54, 1.807) is 6.07 Å². The first-order chi connectivity index (χ1) is 17.1. The fourth-order valence-electron chi connectivity index (χ4n) is 4.16. The molecular formula is C24H26F3N5O3S. The number of alkyl halides is 3. The Bertz CT molecular complexity index is 1360. The number of benzene rings is 2. The summed E-state index contributed by atoms with van der Waals surface area (Å²) >= 11 is 0. The minimum Gasteiger partial charge on any atom is -0.337 e. The normalized spacial score (nSPS) is 15.7. The van der Waals surface area contributed by atoms with Crippen molar-refractivity contribution in [3.63, 3.8) is 0 Å². The van der Waals surface area contributed by atoms with Gasteiger partial charge < -0.3 is 10.6 Å². The summed E-state index contributed by atoms with van der Waals surface area (Å²) in [4.78, 5) is 18.1. The highest BCUT2D eigenvalue weighted by Crippen LogP contribution is 2.35. The summed E-state index contributed by atoms with van der Waals surface area (Å²) < 4.78 is 66.8. The quantitative estimate of drug-likeness (QED) is 0.516. The second-order valence-corrected chi connectivity index (χ2v) is 10.4. The first-order valence-corrected chi connectivity index (χ1v) is 12.8. The van der Waals surface area contributed by atoms with Gasteiger partial charge in [0.25, 0.3) is 0 Å². The van der Waals surface area contributed by atoms with Gasteiger partial charge in [-0.05, 0) is 31.2 Å². The van der Waals surface area contributed by atoms with Gasteiger partial charge in [-0.3, -0.25) is 9.88 Å². The van der Waals surface area contributed by atoms with Crippen molar-refractivity contribution in [2.24, 2.45) is 0 Å². The largest absolute Gasteiger partial charge is 0.417 e. The Morgan fingerprint density at radius 3 is 2.42 bits per heavy atom. The number of urea groups is 1. The van der Waals surface area contributed by atoms with Crippen LogP contribution in [0.25, 0.3) is 10.9 Å². The van der Waals surface area contributed by atoms with Crippen LogP contribution in [-0.2, 0) is 16.2 Å². The number of aromatic nitrogens is 1. The van der Waals surface area contributed by atoms with Crippen molar-refractivity contribution in [1.82, 2.24) is 19.5 Å². The lowest BCUT2D eigenvalue weighted by molar-refractivity contribution is -0.139. The highest BCUT2D eigenvalue weighted by molar-refractivity contribution is 7.89. The summed E-state index contributed by atoms with van der Waals surface area (Å²) in [5.41, 5.74) is 1.03. The standard InChI is InChI=1S/C24H26F3N5O3S/c1-17-16-21(18-6-2-4-8-20(18)29-17)30-23(33)28-10-11-31-12-14-32(15-13-31)36(34,35)22-9-5-3-7-19(22)24(25,26)27/h2-9,16H,10-15H2,1H3,(H2,28,29,30,33). The van der Waals surface area contributed by atoms with Crippen LogP contribution >= 0.6 is 0 Å². The number of piperazine rings is 1. The maximum absolute atomic E-state index is 13.3. The summed E-state index contributed by atoms with van der Waals surface area (Å²) in [6.07, 6.45) is -4.76. The van der Waals surface area contributed by atoms with Crippen LogP contribution < -0.4 is 10.6 Å². The molecule has 1 aromatic heterocycles. The highest BCUT2D eigenvalue weighted by Gasteiger charge is 2.39. The molecule has 0 atom stereocenters. The predicted octanol–water partition coefficient (Wildman–Crippen LogP) is 3.69. The molecule has 0 saturated carbocycles. The maximum atomic E-state index is 13.3. The second-order valence-electron chi connectivity index (χ2n) is 8.45. The molecule has 1 aliphatic rings. The van der Waals surface area contributed by atoms with Crippen LogP contribution in [-0.4, -0.2) is 67.9 Å². The monoisotopic (exact) mass is 521 g/mol. The number of fused-ring (bicyclic) bond motifs is 1. The van der Waals surface area contributed by atoms with E-state index >= 15 is 0 Å². The third-order valence-electron chi connectivity index (χ3n) is 5.95. The second kappa shape index (κ2) is 10.4. The van der Waals surface area contributed by atoms with Gasteiger partial charge in [0.15, 0.2) is 0 Å². The van der Waals surface area contributed by atoms with Crippen LogP contribution in [0.15, 0.2) is 59.5 Å². The number of anilines is 1. The van der Waals surface area contributed by atoms with Crippen molar-refractivity contribution < 1.29 is 26.4 Å². The van der Waals surface area contributed by atoms with Crippen LogP contribution in [0.2, 0.25) is 0 Å². The lowest BCUT2D eigenvalue weighted by Gasteiger charge is -2.34. The van der Waals surface area contributed by atoms with E-state index in [9.17, 15) is 26.4 Å². The Balaban J connectivity index is 1.29. The summed E-state index contributed by atoms with van der Waals surface area (Å²) in [5.74, 6) is 0. The highest BCUT2D eigenvalue weighted by atomic mass is 32.2. The molecular weight excluding hydrogens is 495 g/mol. The molecule has 0 aliphatic carbocycles. The summed E-state index contributed by atoms with van der Waals surface area (Å²) in [5, 5.41) is 6.44. The van der Waals surface area contributed by atoms with E-state index in [0.29, 0.717) is 31.9 Å². The summed E-state index contributed by atoms with van der Waals surface area (Å²) in [6, 6.07) is 13.1. The number of halogens is 3. The number of amides is 2. The summed E-state index contributed by atoms with van der Waals surface area (Å²) in [7, 11) is -4.29. The molecule has 3 aromatic rings. The molecule has 0 unspecified atom stereocenters. The van der Waals surface area contributed by atoms with Crippen molar-refractivity contribution in [2.45, 2.75) is 18.0 Å². The van der Waals surface area contributed by atoms with Crippen molar-refractivity contribution in [3.05, 3.63) is 65.9 Å². The minimum atomic E-state index is -4.76.